The number of nitrogens with one attached hydrogen (secondary N) is 2. The standard InChI is InChI=1S/C14H30N2O2/c1-11(2)12(17)7-10-16-13(18)15-9-6-8-14(3,4)5/h11-12,17H,6-10H2,1-5H3,(H2,15,16,18). The Bertz CT molecular complexity index is 234. The van der Waals surface area contributed by atoms with Gasteiger partial charge >= 0.3 is 6.03 Å². The third-order valence-corrected chi connectivity index (χ3v) is 2.88. The highest BCUT2D eigenvalue weighted by atomic mass is 16.3. The Hall–Kier alpha value is -0.770. The molecule has 3 N–H and O–H groups in total. The van der Waals surface area contributed by atoms with Gasteiger partial charge in [0.05, 0.1) is 6.10 Å². The van der Waals surface area contributed by atoms with Crippen LogP contribution in [0.4, 0.5) is 4.79 Å². The van der Waals surface area contributed by atoms with Crippen LogP contribution in [0, 0.1) is 11.3 Å². The zero-order valence-electron chi connectivity index (χ0n) is 12.5. The summed E-state index contributed by atoms with van der Waals surface area (Å²) in [7, 11) is 0. The lowest BCUT2D eigenvalue weighted by atomic mass is 9.91. The van der Waals surface area contributed by atoms with E-state index < -0.39 is 0 Å². The second-order valence-corrected chi connectivity index (χ2v) is 6.45. The predicted molar refractivity (Wildman–Crippen MR) is 75.6 cm³/mol. The van der Waals surface area contributed by atoms with Crippen LogP contribution in [0.1, 0.15) is 53.9 Å². The molecule has 0 aromatic rings. The van der Waals surface area contributed by atoms with E-state index >= 15 is 0 Å². The normalized spacial score (nSPS) is 13.5. The van der Waals surface area contributed by atoms with E-state index in [0.29, 0.717) is 24.9 Å². The highest BCUT2D eigenvalue weighted by Crippen LogP contribution is 2.19. The number of aliphatic hydroxyl groups excluding tert-OH is 1. The maximum absolute atomic E-state index is 11.4. The molecule has 0 aromatic heterocycles. The Morgan fingerprint density at radius 3 is 2.22 bits per heavy atom. The van der Waals surface area contributed by atoms with Crippen LogP contribution in [0.2, 0.25) is 0 Å². The maximum Gasteiger partial charge on any atom is 0.314 e. The van der Waals surface area contributed by atoms with Gasteiger partial charge in [-0.3, -0.25) is 0 Å². The van der Waals surface area contributed by atoms with E-state index in [2.05, 4.69) is 31.4 Å². The number of hydrogen-bond donors (Lipinski definition) is 3. The molecule has 0 radical (unpaired) electrons. The molecule has 0 aliphatic carbocycles. The van der Waals surface area contributed by atoms with Crippen LogP contribution in [-0.4, -0.2) is 30.3 Å². The van der Waals surface area contributed by atoms with E-state index in [9.17, 15) is 9.90 Å². The summed E-state index contributed by atoms with van der Waals surface area (Å²) < 4.78 is 0. The molecule has 4 heteroatoms. The maximum atomic E-state index is 11.4. The first-order valence-electron chi connectivity index (χ1n) is 6.92. The molecule has 108 valence electrons. The Kier molecular flexibility index (Phi) is 8.00. The number of hydrogen-bond acceptors (Lipinski definition) is 2. The zero-order valence-corrected chi connectivity index (χ0v) is 12.5. The minimum Gasteiger partial charge on any atom is -0.393 e. The van der Waals surface area contributed by atoms with Crippen LogP contribution in [0.5, 0.6) is 0 Å². The molecular formula is C14H30N2O2. The van der Waals surface area contributed by atoms with Crippen molar-refractivity contribution in [1.82, 2.24) is 10.6 Å². The van der Waals surface area contributed by atoms with Crippen LogP contribution >= 0.6 is 0 Å². The van der Waals surface area contributed by atoms with Gasteiger partial charge < -0.3 is 15.7 Å². The SMILES string of the molecule is CC(C)C(O)CCNC(=O)NCCCC(C)(C)C. The molecular weight excluding hydrogens is 228 g/mol. The number of urea groups is 1. The van der Waals surface area contributed by atoms with E-state index in [1.165, 1.54) is 0 Å². The van der Waals surface area contributed by atoms with Gasteiger partial charge in [0.1, 0.15) is 0 Å². The van der Waals surface area contributed by atoms with E-state index in [1.807, 2.05) is 13.8 Å². The van der Waals surface area contributed by atoms with Crippen LogP contribution in [0.15, 0.2) is 0 Å². The van der Waals surface area contributed by atoms with Crippen molar-refractivity contribution in [2.24, 2.45) is 11.3 Å². The summed E-state index contributed by atoms with van der Waals surface area (Å²) >= 11 is 0. The topological polar surface area (TPSA) is 61.4 Å². The molecule has 1 unspecified atom stereocenters. The largest absolute Gasteiger partial charge is 0.393 e. The minimum absolute atomic E-state index is 0.139. The molecule has 0 aliphatic rings. The average Bonchev–Trinajstić information content (AvgIpc) is 2.22. The third kappa shape index (κ3) is 10.4. The molecule has 0 fully saturated rings. The molecule has 4 nitrogen and oxygen atoms in total. The van der Waals surface area contributed by atoms with Crippen LogP contribution in [0.25, 0.3) is 0 Å². The Balaban J connectivity index is 3.49. The van der Waals surface area contributed by atoms with Gasteiger partial charge in [0.15, 0.2) is 0 Å². The Morgan fingerprint density at radius 1 is 1.17 bits per heavy atom. The number of carbonyl (C=O) groups excluding carboxylic acids is 1. The molecule has 1 atom stereocenters. The monoisotopic (exact) mass is 258 g/mol. The van der Waals surface area contributed by atoms with Crippen molar-refractivity contribution in [1.29, 1.82) is 0 Å². The molecule has 0 saturated heterocycles. The molecule has 0 bridgehead atoms. The van der Waals surface area contributed by atoms with Gasteiger partial charge in [-0.1, -0.05) is 34.6 Å². The first kappa shape index (κ1) is 17.2. The molecule has 0 heterocycles. The molecule has 0 saturated carbocycles. The van der Waals surface area contributed by atoms with Crippen molar-refractivity contribution in [2.45, 2.75) is 60.0 Å². The van der Waals surface area contributed by atoms with E-state index in [0.717, 1.165) is 12.8 Å². The van der Waals surface area contributed by atoms with Crippen molar-refractivity contribution in [3.63, 3.8) is 0 Å². The molecule has 0 aliphatic heterocycles. The fraction of sp³-hybridized carbons (Fsp3) is 0.929. The molecule has 0 spiro atoms. The quantitative estimate of drug-likeness (QED) is 0.614. The van der Waals surface area contributed by atoms with Gasteiger partial charge in [-0.25, -0.2) is 4.79 Å². The van der Waals surface area contributed by atoms with E-state index in [-0.39, 0.29) is 18.1 Å². The van der Waals surface area contributed by atoms with Crippen molar-refractivity contribution in [3.05, 3.63) is 0 Å². The van der Waals surface area contributed by atoms with Crippen molar-refractivity contribution >= 4 is 6.03 Å². The van der Waals surface area contributed by atoms with Crippen molar-refractivity contribution in [2.75, 3.05) is 13.1 Å². The fourth-order valence-electron chi connectivity index (χ4n) is 1.55. The molecule has 0 aromatic carbocycles. The number of carbonyl (C=O) groups is 1. The number of amides is 2. The van der Waals surface area contributed by atoms with E-state index in [4.69, 9.17) is 0 Å². The Morgan fingerprint density at radius 2 is 1.72 bits per heavy atom. The summed E-state index contributed by atoms with van der Waals surface area (Å²) in [4.78, 5) is 11.4. The van der Waals surface area contributed by atoms with Gasteiger partial charge in [0.25, 0.3) is 0 Å². The first-order valence-corrected chi connectivity index (χ1v) is 6.92. The smallest absolute Gasteiger partial charge is 0.314 e. The van der Waals surface area contributed by atoms with Crippen LogP contribution in [0.3, 0.4) is 0 Å². The summed E-state index contributed by atoms with van der Waals surface area (Å²) in [6.45, 7) is 11.7. The van der Waals surface area contributed by atoms with Crippen LogP contribution in [-0.2, 0) is 0 Å². The average molecular weight is 258 g/mol. The summed E-state index contributed by atoms with van der Waals surface area (Å²) in [5.74, 6) is 0.238. The third-order valence-electron chi connectivity index (χ3n) is 2.88. The second kappa shape index (κ2) is 8.35. The predicted octanol–water partition coefficient (Wildman–Crippen LogP) is 2.52. The highest BCUT2D eigenvalue weighted by molar-refractivity contribution is 5.73. The zero-order chi connectivity index (χ0) is 14.2. The second-order valence-electron chi connectivity index (χ2n) is 6.45. The summed E-state index contributed by atoms with van der Waals surface area (Å²) in [5, 5.41) is 15.2. The van der Waals surface area contributed by atoms with Crippen LogP contribution < -0.4 is 10.6 Å². The van der Waals surface area contributed by atoms with Gasteiger partial charge in [-0.2, -0.15) is 0 Å². The molecule has 18 heavy (non-hydrogen) atoms. The lowest BCUT2D eigenvalue weighted by molar-refractivity contribution is 0.116. The van der Waals surface area contributed by atoms with Crippen molar-refractivity contribution < 1.29 is 9.90 Å². The lowest BCUT2D eigenvalue weighted by Crippen LogP contribution is -2.38. The van der Waals surface area contributed by atoms with Crippen molar-refractivity contribution in [3.8, 4) is 0 Å². The Labute approximate surface area is 112 Å². The highest BCUT2D eigenvalue weighted by Gasteiger charge is 2.10. The van der Waals surface area contributed by atoms with Gasteiger partial charge in [-0.05, 0) is 30.6 Å². The van der Waals surface area contributed by atoms with Gasteiger partial charge in [0.2, 0.25) is 0 Å². The summed E-state index contributed by atoms with van der Waals surface area (Å²) in [6.07, 6.45) is 2.35. The molecule has 0 rings (SSSR count). The number of rotatable bonds is 7. The van der Waals surface area contributed by atoms with Gasteiger partial charge in [0, 0.05) is 13.1 Å². The molecule has 2 amide bonds. The summed E-state index contributed by atoms with van der Waals surface area (Å²) in [6, 6.07) is -0.139. The van der Waals surface area contributed by atoms with E-state index in [1.54, 1.807) is 0 Å². The minimum atomic E-state index is -0.341. The van der Waals surface area contributed by atoms with Gasteiger partial charge in [-0.15, -0.1) is 0 Å². The number of aliphatic hydroxyl groups is 1. The lowest BCUT2D eigenvalue weighted by Gasteiger charge is -2.18. The fourth-order valence-corrected chi connectivity index (χ4v) is 1.55. The first-order chi connectivity index (χ1) is 8.22. The summed E-state index contributed by atoms with van der Waals surface area (Å²) in [5.41, 5.74) is 0.319.